The zero-order valence-corrected chi connectivity index (χ0v) is 14.7. The van der Waals surface area contributed by atoms with Crippen LogP contribution in [0.25, 0.3) is 20.2 Å². The second-order valence-corrected chi connectivity index (χ2v) is 8.43. The number of hydrogen-bond donors (Lipinski definition) is 0. The SMILES string of the molecule is c1ccc2c(c1)sc1ccc(COCC3CN4CCC3CC4)cc12. The number of hydrogen-bond acceptors (Lipinski definition) is 3. The Morgan fingerprint density at radius 2 is 1.83 bits per heavy atom. The minimum absolute atomic E-state index is 0.739. The molecule has 0 N–H and O–H groups in total. The van der Waals surface area contributed by atoms with Gasteiger partial charge in [-0.25, -0.2) is 0 Å². The van der Waals surface area contributed by atoms with E-state index in [0.29, 0.717) is 0 Å². The molecule has 1 aromatic heterocycles. The zero-order valence-electron chi connectivity index (χ0n) is 13.9. The molecule has 24 heavy (non-hydrogen) atoms. The highest BCUT2D eigenvalue weighted by atomic mass is 32.1. The third-order valence-electron chi connectivity index (χ3n) is 5.83. The molecule has 1 unspecified atom stereocenters. The van der Waals surface area contributed by atoms with E-state index in [1.165, 1.54) is 58.2 Å². The first-order chi connectivity index (χ1) is 11.9. The molecule has 3 saturated heterocycles. The van der Waals surface area contributed by atoms with Gasteiger partial charge in [-0.2, -0.15) is 0 Å². The highest BCUT2D eigenvalue weighted by molar-refractivity contribution is 7.25. The molecule has 0 radical (unpaired) electrons. The molecule has 0 aliphatic carbocycles. The lowest BCUT2D eigenvalue weighted by Crippen LogP contribution is -2.48. The summed E-state index contributed by atoms with van der Waals surface area (Å²) in [4.78, 5) is 2.61. The number of thiophene rings is 1. The summed E-state index contributed by atoms with van der Waals surface area (Å²) in [5.74, 6) is 1.65. The van der Waals surface area contributed by atoms with Crippen LogP contribution in [0.3, 0.4) is 0 Å². The number of rotatable bonds is 4. The summed E-state index contributed by atoms with van der Waals surface area (Å²) in [7, 11) is 0. The molecular formula is C21H23NOS. The van der Waals surface area contributed by atoms with Crippen molar-refractivity contribution in [2.75, 3.05) is 26.2 Å². The third-order valence-corrected chi connectivity index (χ3v) is 6.99. The Hall–Kier alpha value is -1.42. The lowest BCUT2D eigenvalue weighted by Gasteiger charge is -2.44. The average Bonchev–Trinajstić information content (AvgIpc) is 3.01. The number of piperidine rings is 3. The van der Waals surface area contributed by atoms with Crippen molar-refractivity contribution in [2.45, 2.75) is 19.4 Å². The summed E-state index contributed by atoms with van der Waals surface area (Å²) < 4.78 is 8.87. The highest BCUT2D eigenvalue weighted by Gasteiger charge is 2.33. The van der Waals surface area contributed by atoms with Crippen LogP contribution in [-0.4, -0.2) is 31.1 Å². The van der Waals surface area contributed by atoms with Gasteiger partial charge in [-0.1, -0.05) is 24.3 Å². The Kier molecular flexibility index (Phi) is 3.81. The van der Waals surface area contributed by atoms with E-state index < -0.39 is 0 Å². The predicted molar refractivity (Wildman–Crippen MR) is 102 cm³/mol. The summed E-state index contributed by atoms with van der Waals surface area (Å²) in [6.45, 7) is 5.53. The Labute approximate surface area is 147 Å². The molecule has 0 saturated carbocycles. The summed E-state index contributed by atoms with van der Waals surface area (Å²) >= 11 is 1.88. The molecule has 124 valence electrons. The van der Waals surface area contributed by atoms with Gasteiger partial charge in [0.1, 0.15) is 0 Å². The van der Waals surface area contributed by atoms with E-state index >= 15 is 0 Å². The summed E-state index contributed by atoms with van der Waals surface area (Å²) in [6, 6.07) is 15.5. The smallest absolute Gasteiger partial charge is 0.0717 e. The molecule has 3 aromatic rings. The Morgan fingerprint density at radius 3 is 2.67 bits per heavy atom. The Balaban J connectivity index is 1.29. The number of nitrogens with zero attached hydrogens (tertiary/aromatic N) is 1. The van der Waals surface area contributed by atoms with Crippen LogP contribution < -0.4 is 0 Å². The van der Waals surface area contributed by atoms with Crippen LogP contribution in [0.2, 0.25) is 0 Å². The first kappa shape index (κ1) is 14.9. The van der Waals surface area contributed by atoms with E-state index in [2.05, 4.69) is 47.4 Å². The van der Waals surface area contributed by atoms with E-state index in [9.17, 15) is 0 Å². The zero-order chi connectivity index (χ0) is 15.9. The quantitative estimate of drug-likeness (QED) is 0.670. The summed E-state index contributed by atoms with van der Waals surface area (Å²) in [6.07, 6.45) is 2.75. The predicted octanol–water partition coefficient (Wildman–Crippen LogP) is 4.91. The standard InChI is InChI=1S/C21H23NOS/c1-2-4-20-18(3-1)19-11-15(5-6-21(19)24-20)13-23-14-17-12-22-9-7-16(17)8-10-22/h1-6,11,16-17H,7-10,12-14H2. The molecule has 2 bridgehead atoms. The minimum atomic E-state index is 0.739. The Bertz CT molecular complexity index is 863. The van der Waals surface area contributed by atoms with Gasteiger partial charge in [0.2, 0.25) is 0 Å². The van der Waals surface area contributed by atoms with Gasteiger partial charge in [-0.15, -0.1) is 11.3 Å². The van der Waals surface area contributed by atoms with Crippen molar-refractivity contribution in [3.63, 3.8) is 0 Å². The fourth-order valence-corrected chi connectivity index (χ4v) is 5.55. The van der Waals surface area contributed by atoms with E-state index in [1.807, 2.05) is 11.3 Å². The van der Waals surface area contributed by atoms with Crippen LogP contribution in [0.15, 0.2) is 42.5 Å². The maximum atomic E-state index is 6.13. The Morgan fingerprint density at radius 1 is 1.00 bits per heavy atom. The molecule has 3 fully saturated rings. The molecule has 3 heteroatoms. The van der Waals surface area contributed by atoms with Crippen molar-refractivity contribution < 1.29 is 4.74 Å². The largest absolute Gasteiger partial charge is 0.376 e. The minimum Gasteiger partial charge on any atom is -0.376 e. The fraction of sp³-hybridized carbons (Fsp3) is 0.429. The van der Waals surface area contributed by atoms with Gasteiger partial charge in [0.05, 0.1) is 13.2 Å². The van der Waals surface area contributed by atoms with Gasteiger partial charge in [-0.05, 0) is 61.5 Å². The second-order valence-electron chi connectivity index (χ2n) is 7.34. The molecule has 6 rings (SSSR count). The van der Waals surface area contributed by atoms with Crippen molar-refractivity contribution in [3.8, 4) is 0 Å². The lowest BCUT2D eigenvalue weighted by molar-refractivity contribution is -0.0119. The van der Waals surface area contributed by atoms with Crippen molar-refractivity contribution >= 4 is 31.5 Å². The summed E-state index contributed by atoms with van der Waals surface area (Å²) in [5.41, 5.74) is 1.30. The molecule has 4 heterocycles. The summed E-state index contributed by atoms with van der Waals surface area (Å²) in [5, 5.41) is 2.75. The van der Waals surface area contributed by atoms with Gasteiger partial charge < -0.3 is 9.64 Å². The molecule has 3 aliphatic heterocycles. The molecule has 0 amide bonds. The average molecular weight is 337 g/mol. The van der Waals surface area contributed by atoms with Crippen molar-refractivity contribution in [2.24, 2.45) is 11.8 Å². The molecule has 1 atom stereocenters. The van der Waals surface area contributed by atoms with E-state index in [4.69, 9.17) is 4.74 Å². The van der Waals surface area contributed by atoms with Crippen LogP contribution in [0.4, 0.5) is 0 Å². The van der Waals surface area contributed by atoms with Crippen LogP contribution in [-0.2, 0) is 11.3 Å². The van der Waals surface area contributed by atoms with Crippen LogP contribution in [0, 0.1) is 11.8 Å². The molecule has 0 spiro atoms. The fourth-order valence-electron chi connectivity index (χ4n) is 4.47. The molecular weight excluding hydrogens is 314 g/mol. The second kappa shape index (κ2) is 6.14. The molecule has 3 aliphatic rings. The maximum absolute atomic E-state index is 6.13. The highest BCUT2D eigenvalue weighted by Crippen LogP contribution is 2.35. The first-order valence-electron chi connectivity index (χ1n) is 9.07. The van der Waals surface area contributed by atoms with Crippen molar-refractivity contribution in [1.29, 1.82) is 0 Å². The van der Waals surface area contributed by atoms with Crippen LogP contribution in [0.5, 0.6) is 0 Å². The maximum Gasteiger partial charge on any atom is 0.0717 e. The van der Waals surface area contributed by atoms with Gasteiger partial charge >= 0.3 is 0 Å². The first-order valence-corrected chi connectivity index (χ1v) is 9.89. The monoisotopic (exact) mass is 337 g/mol. The van der Waals surface area contributed by atoms with Crippen molar-refractivity contribution in [1.82, 2.24) is 4.90 Å². The number of benzene rings is 2. The lowest BCUT2D eigenvalue weighted by atomic mass is 9.79. The van der Waals surface area contributed by atoms with Crippen LogP contribution >= 0.6 is 11.3 Å². The third kappa shape index (κ3) is 2.65. The number of ether oxygens (including phenoxy) is 1. The van der Waals surface area contributed by atoms with Crippen LogP contribution in [0.1, 0.15) is 18.4 Å². The van der Waals surface area contributed by atoms with Gasteiger partial charge in [0, 0.05) is 26.7 Å². The van der Waals surface area contributed by atoms with Gasteiger partial charge in [0.25, 0.3) is 0 Å². The molecule has 2 nitrogen and oxygen atoms in total. The number of fused-ring (bicyclic) bond motifs is 6. The van der Waals surface area contributed by atoms with Gasteiger partial charge in [0.15, 0.2) is 0 Å². The van der Waals surface area contributed by atoms with Crippen molar-refractivity contribution in [3.05, 3.63) is 48.0 Å². The normalized spacial score (nSPS) is 26.4. The van der Waals surface area contributed by atoms with E-state index in [-0.39, 0.29) is 0 Å². The van der Waals surface area contributed by atoms with E-state index in [0.717, 1.165) is 25.0 Å². The van der Waals surface area contributed by atoms with Gasteiger partial charge in [-0.3, -0.25) is 0 Å². The van der Waals surface area contributed by atoms with E-state index in [1.54, 1.807) is 0 Å². The topological polar surface area (TPSA) is 12.5 Å². The molecule has 2 aromatic carbocycles.